The molecule has 0 bridgehead atoms. The van der Waals surface area contributed by atoms with E-state index < -0.39 is 0 Å². The Labute approximate surface area is 113 Å². The van der Waals surface area contributed by atoms with Gasteiger partial charge in [-0.3, -0.25) is 9.69 Å². The van der Waals surface area contributed by atoms with Crippen molar-refractivity contribution in [2.75, 3.05) is 13.1 Å². The Balaban J connectivity index is 1.98. The summed E-state index contributed by atoms with van der Waals surface area (Å²) >= 11 is 1.73. The molecule has 0 saturated carbocycles. The molecule has 18 heavy (non-hydrogen) atoms. The number of carbonyl (C=O) groups excluding carboxylic acids is 1. The van der Waals surface area contributed by atoms with Gasteiger partial charge in [0.15, 0.2) is 0 Å². The van der Waals surface area contributed by atoms with E-state index in [1.807, 2.05) is 6.92 Å². The molecule has 0 N–H and O–H groups in total. The minimum absolute atomic E-state index is 0.125. The van der Waals surface area contributed by atoms with E-state index in [0.717, 1.165) is 19.6 Å². The van der Waals surface area contributed by atoms with E-state index >= 15 is 0 Å². The Bertz CT molecular complexity index is 433. The van der Waals surface area contributed by atoms with Crippen LogP contribution in [0, 0.1) is 5.92 Å². The molecule has 1 aromatic heterocycles. The van der Waals surface area contributed by atoms with Crippen molar-refractivity contribution in [3.63, 3.8) is 0 Å². The van der Waals surface area contributed by atoms with Crippen LogP contribution in [0.5, 0.6) is 0 Å². The largest absolute Gasteiger partial charge is 0.299 e. The van der Waals surface area contributed by atoms with Crippen molar-refractivity contribution in [2.45, 2.75) is 46.1 Å². The van der Waals surface area contributed by atoms with Gasteiger partial charge in [-0.2, -0.15) is 0 Å². The molecule has 2 heterocycles. The van der Waals surface area contributed by atoms with E-state index in [0.29, 0.717) is 12.2 Å². The quantitative estimate of drug-likeness (QED) is 0.825. The summed E-state index contributed by atoms with van der Waals surface area (Å²) in [5.74, 6) is 0.585. The molecule has 100 valence electrons. The lowest BCUT2D eigenvalue weighted by atomic mass is 9.93. The molecule has 1 unspecified atom stereocenters. The summed E-state index contributed by atoms with van der Waals surface area (Å²) in [6.45, 7) is 11.2. The highest BCUT2D eigenvalue weighted by Gasteiger charge is 2.24. The SMILES string of the molecule is CC1CN(Cc2nc(C(C)(C)C)cs2)CCC1=O. The molecule has 0 aliphatic carbocycles. The van der Waals surface area contributed by atoms with E-state index in [4.69, 9.17) is 4.98 Å². The van der Waals surface area contributed by atoms with Gasteiger partial charge in [0, 0.05) is 36.2 Å². The minimum Gasteiger partial charge on any atom is -0.299 e. The zero-order chi connectivity index (χ0) is 13.3. The second-order valence-corrected chi connectivity index (χ2v) is 7.17. The Morgan fingerprint density at radius 2 is 2.22 bits per heavy atom. The number of nitrogens with zero attached hydrogens (tertiary/aromatic N) is 2. The van der Waals surface area contributed by atoms with Crippen LogP contribution in [0.2, 0.25) is 0 Å². The Morgan fingerprint density at radius 3 is 2.78 bits per heavy atom. The Morgan fingerprint density at radius 1 is 1.50 bits per heavy atom. The predicted octanol–water partition coefficient (Wildman–Crippen LogP) is 2.85. The molecule has 0 aromatic carbocycles. The van der Waals surface area contributed by atoms with E-state index in [1.54, 1.807) is 11.3 Å². The molecular weight excluding hydrogens is 244 g/mol. The third-order valence-electron chi connectivity index (χ3n) is 3.44. The molecule has 4 heteroatoms. The number of rotatable bonds is 2. The number of ketones is 1. The maximum absolute atomic E-state index is 11.5. The summed E-state index contributed by atoms with van der Waals surface area (Å²) in [6, 6.07) is 0. The van der Waals surface area contributed by atoms with Crippen molar-refractivity contribution in [3.8, 4) is 0 Å². The van der Waals surface area contributed by atoms with Gasteiger partial charge in [0.25, 0.3) is 0 Å². The number of Topliss-reactive ketones (excluding diaryl/α,β-unsaturated/α-hetero) is 1. The summed E-state index contributed by atoms with van der Waals surface area (Å²) in [7, 11) is 0. The number of carbonyl (C=O) groups is 1. The van der Waals surface area contributed by atoms with Gasteiger partial charge in [-0.15, -0.1) is 11.3 Å². The highest BCUT2D eigenvalue weighted by molar-refractivity contribution is 7.09. The van der Waals surface area contributed by atoms with Crippen LogP contribution < -0.4 is 0 Å². The zero-order valence-corrected chi connectivity index (χ0v) is 12.5. The molecule has 1 aliphatic rings. The van der Waals surface area contributed by atoms with Crippen LogP contribution in [-0.2, 0) is 16.8 Å². The topological polar surface area (TPSA) is 33.2 Å². The minimum atomic E-state index is 0.125. The molecule has 0 amide bonds. The predicted molar refractivity (Wildman–Crippen MR) is 74.9 cm³/mol. The first-order valence-corrected chi connectivity index (χ1v) is 7.44. The number of likely N-dealkylation sites (tertiary alicyclic amines) is 1. The third kappa shape index (κ3) is 3.18. The molecule has 3 nitrogen and oxygen atoms in total. The van der Waals surface area contributed by atoms with Crippen molar-refractivity contribution in [3.05, 3.63) is 16.1 Å². The van der Waals surface area contributed by atoms with Crippen LogP contribution in [-0.4, -0.2) is 28.8 Å². The number of piperidine rings is 1. The maximum Gasteiger partial charge on any atom is 0.138 e. The standard InChI is InChI=1S/C14H22N2OS/c1-10-7-16(6-5-11(10)17)8-13-15-12(9-18-13)14(2,3)4/h9-10H,5-8H2,1-4H3. The van der Waals surface area contributed by atoms with Crippen molar-refractivity contribution >= 4 is 17.1 Å². The number of hydrogen-bond donors (Lipinski definition) is 0. The van der Waals surface area contributed by atoms with E-state index in [1.165, 1.54) is 10.7 Å². The molecule has 1 aliphatic heterocycles. The fourth-order valence-corrected chi connectivity index (χ4v) is 3.22. The monoisotopic (exact) mass is 266 g/mol. The van der Waals surface area contributed by atoms with Crippen LogP contribution in [0.4, 0.5) is 0 Å². The Hall–Kier alpha value is -0.740. The Kier molecular flexibility index (Phi) is 3.87. The summed E-state index contributed by atoms with van der Waals surface area (Å²) in [4.78, 5) is 18.5. The smallest absolute Gasteiger partial charge is 0.138 e. The summed E-state index contributed by atoms with van der Waals surface area (Å²) in [6.07, 6.45) is 0.693. The number of thiazole rings is 1. The molecule has 1 aromatic rings. The molecule has 0 spiro atoms. The van der Waals surface area contributed by atoms with Gasteiger partial charge in [0.2, 0.25) is 0 Å². The van der Waals surface area contributed by atoms with Gasteiger partial charge in [0.1, 0.15) is 10.8 Å². The normalized spacial score (nSPS) is 22.4. The molecule has 2 rings (SSSR count). The lowest BCUT2D eigenvalue weighted by Crippen LogP contribution is -2.39. The average Bonchev–Trinajstić information content (AvgIpc) is 2.72. The molecule has 1 saturated heterocycles. The second-order valence-electron chi connectivity index (χ2n) is 6.23. The van der Waals surface area contributed by atoms with Gasteiger partial charge in [0.05, 0.1) is 12.2 Å². The van der Waals surface area contributed by atoms with E-state index in [2.05, 4.69) is 31.1 Å². The summed E-state index contributed by atoms with van der Waals surface area (Å²) in [5.41, 5.74) is 1.29. The van der Waals surface area contributed by atoms with Gasteiger partial charge in [-0.05, 0) is 0 Å². The van der Waals surface area contributed by atoms with Crippen LogP contribution in [0.25, 0.3) is 0 Å². The lowest BCUT2D eigenvalue weighted by molar-refractivity contribution is -0.125. The van der Waals surface area contributed by atoms with Crippen LogP contribution in [0.3, 0.4) is 0 Å². The van der Waals surface area contributed by atoms with Gasteiger partial charge >= 0.3 is 0 Å². The maximum atomic E-state index is 11.5. The van der Waals surface area contributed by atoms with Gasteiger partial charge < -0.3 is 0 Å². The molecule has 0 radical (unpaired) electrons. The van der Waals surface area contributed by atoms with Crippen molar-refractivity contribution < 1.29 is 4.79 Å². The average molecular weight is 266 g/mol. The third-order valence-corrected chi connectivity index (χ3v) is 4.27. The highest BCUT2D eigenvalue weighted by atomic mass is 32.1. The summed E-state index contributed by atoms with van der Waals surface area (Å²) in [5, 5.41) is 3.33. The number of aromatic nitrogens is 1. The summed E-state index contributed by atoms with van der Waals surface area (Å²) < 4.78 is 0. The van der Waals surface area contributed by atoms with Crippen molar-refractivity contribution in [1.82, 2.24) is 9.88 Å². The van der Waals surface area contributed by atoms with Crippen molar-refractivity contribution in [2.24, 2.45) is 5.92 Å². The zero-order valence-electron chi connectivity index (χ0n) is 11.7. The first-order chi connectivity index (χ1) is 8.36. The van der Waals surface area contributed by atoms with Crippen molar-refractivity contribution in [1.29, 1.82) is 0 Å². The second kappa shape index (κ2) is 5.10. The van der Waals surface area contributed by atoms with E-state index in [9.17, 15) is 4.79 Å². The van der Waals surface area contributed by atoms with Crippen LogP contribution >= 0.6 is 11.3 Å². The fraction of sp³-hybridized carbons (Fsp3) is 0.714. The van der Waals surface area contributed by atoms with Crippen LogP contribution in [0.1, 0.15) is 44.8 Å². The molecular formula is C14H22N2OS. The van der Waals surface area contributed by atoms with Gasteiger partial charge in [-0.25, -0.2) is 4.98 Å². The fourth-order valence-electron chi connectivity index (χ4n) is 2.16. The molecule has 1 fully saturated rings. The van der Waals surface area contributed by atoms with Gasteiger partial charge in [-0.1, -0.05) is 27.7 Å². The highest BCUT2D eigenvalue weighted by Crippen LogP contribution is 2.25. The number of hydrogen-bond acceptors (Lipinski definition) is 4. The first-order valence-electron chi connectivity index (χ1n) is 6.56. The molecule has 1 atom stereocenters. The first kappa shape index (κ1) is 13.7. The lowest BCUT2D eigenvalue weighted by Gasteiger charge is -2.29. The van der Waals surface area contributed by atoms with E-state index in [-0.39, 0.29) is 11.3 Å². The van der Waals surface area contributed by atoms with Crippen LogP contribution in [0.15, 0.2) is 5.38 Å².